The van der Waals surface area contributed by atoms with Gasteiger partial charge in [0.1, 0.15) is 77.4 Å². The van der Waals surface area contributed by atoms with E-state index in [9.17, 15) is 127 Å². The predicted octanol–water partition coefficient (Wildman–Crippen LogP) is -1.93. The van der Waals surface area contributed by atoms with Crippen molar-refractivity contribution >= 4 is 112 Å². The number of hydrogen-bond acceptors (Lipinski definition) is 22. The number of halogens is 1. The number of aliphatic hydroxyl groups is 2. The number of urea groups is 1. The number of phenols is 2. The monoisotopic (exact) mass is 1620 g/mol. The van der Waals surface area contributed by atoms with E-state index in [1.54, 1.807) is 0 Å². The molecule has 0 radical (unpaired) electrons. The fourth-order valence-corrected chi connectivity index (χ4v) is 11.3. The number of benzene rings is 4. The van der Waals surface area contributed by atoms with Gasteiger partial charge in [-0.05, 0) is 122 Å². The molecule has 0 unspecified atom stereocenters. The van der Waals surface area contributed by atoms with Crippen LogP contribution in [0.5, 0.6) is 17.2 Å². The number of amides is 12. The van der Waals surface area contributed by atoms with Gasteiger partial charge in [0.2, 0.25) is 59.1 Å². The Balaban J connectivity index is 1.33. The Hall–Kier alpha value is -14.0. The second-order valence-electron chi connectivity index (χ2n) is 26.2. The summed E-state index contributed by atoms with van der Waals surface area (Å²) in [7, 11) is 0. The van der Waals surface area contributed by atoms with Crippen molar-refractivity contribution in [1.82, 2.24) is 68.4 Å². The number of carbonyl (C=O) groups excluding carboxylic acids is 11. The maximum absolute atomic E-state index is 14.7. The van der Waals surface area contributed by atoms with Crippen LogP contribution >= 0.6 is 0 Å². The number of aliphatic carboxylic acids is 5. The molecule has 0 saturated carbocycles. The minimum atomic E-state index is -2.09. The number of nitrogens with zero attached hydrogens (tertiary/aromatic N) is 3. The first-order valence-corrected chi connectivity index (χ1v) is 35.8. The number of carbonyl (C=O) groups is 16. The number of phenolic OH excluding ortho intramolecular Hbond substituents is 2. The van der Waals surface area contributed by atoms with E-state index in [-0.39, 0.29) is 92.0 Å². The van der Waals surface area contributed by atoms with E-state index in [4.69, 9.17) is 16.4 Å². The van der Waals surface area contributed by atoms with E-state index in [1.165, 1.54) is 79.0 Å². The topological polar surface area (TPSA) is 644 Å². The summed E-state index contributed by atoms with van der Waals surface area (Å²) >= 11 is 0. The number of rotatable bonds is 49. The number of aromatic nitrogens is 1. The molecule has 1 heterocycles. The van der Waals surface area contributed by atoms with Crippen molar-refractivity contribution in [1.29, 1.82) is 5.26 Å². The van der Waals surface area contributed by atoms with E-state index in [0.29, 0.717) is 22.2 Å². The molecule has 0 aliphatic heterocycles. The SMILES string of the molecule is [C-]#[N+]c1cc(C#N)cc(OCCCN(CC(=O)N[C@@H](Cc2c[nH]c3ccc(F)cc23)C(=O)NCCCC[C@H](NC(=O)N[C@@H](CCC(=O)O)C(=O)O)C(=O)O)C(=O)CNC(=O)[C@H](CCC(=O)O)NC(=O)[C@H](CCC(=O)O)NC(=O)[C@H](CO)NC(=O)[C@H](CO)NC(=O)[C@H](Cc2ccc(O)cc2)NC(=O)[C@H](Cc2ccc(O)cc2)NC(C)=O)c1. The van der Waals surface area contributed by atoms with Crippen molar-refractivity contribution in [3.63, 3.8) is 0 Å². The summed E-state index contributed by atoms with van der Waals surface area (Å²) in [6.07, 6.45) is -4.28. The number of aromatic hydroxyl groups is 2. The molecule has 4 aromatic carbocycles. The van der Waals surface area contributed by atoms with Gasteiger partial charge in [0.05, 0.1) is 45.6 Å². The number of unbranched alkanes of at least 4 members (excludes halogenated alkanes) is 1. The molecule has 5 rings (SSSR count). The number of H-pyrrole nitrogens is 1. The van der Waals surface area contributed by atoms with Gasteiger partial charge in [0.15, 0.2) is 5.69 Å². The van der Waals surface area contributed by atoms with Crippen LogP contribution in [0.3, 0.4) is 0 Å². The normalized spacial score (nSPS) is 13.1. The number of aromatic amines is 1. The van der Waals surface area contributed by atoms with Crippen molar-refractivity contribution in [2.75, 3.05) is 46.0 Å². The van der Waals surface area contributed by atoms with E-state index in [1.807, 2.05) is 11.4 Å². The smallest absolute Gasteiger partial charge is 0.326 e. The molecule has 1 aromatic heterocycles. The molecule has 0 aliphatic rings. The third kappa shape index (κ3) is 32.0. The van der Waals surface area contributed by atoms with Crippen LogP contribution in [0.25, 0.3) is 15.7 Å². The summed E-state index contributed by atoms with van der Waals surface area (Å²) in [4.78, 5) is 217. The molecule has 0 fully saturated rings. The predicted molar refractivity (Wildman–Crippen MR) is 398 cm³/mol. The highest BCUT2D eigenvalue weighted by atomic mass is 19.1. The molecule has 12 amide bonds. The zero-order valence-corrected chi connectivity index (χ0v) is 62.2. The molecule has 0 bridgehead atoms. The van der Waals surface area contributed by atoms with Crippen molar-refractivity contribution < 1.29 is 132 Å². The molecular weight excluding hydrogens is 1530 g/mol. The van der Waals surface area contributed by atoms with Gasteiger partial charge in [-0.15, -0.1) is 0 Å². The first-order chi connectivity index (χ1) is 55.1. The van der Waals surface area contributed by atoms with Crippen molar-refractivity contribution in [2.45, 2.75) is 145 Å². The maximum Gasteiger partial charge on any atom is 0.326 e. The Kier molecular flexibility index (Phi) is 37.3. The van der Waals surface area contributed by atoms with Gasteiger partial charge in [-0.3, -0.25) is 62.3 Å². The number of nitriles is 1. The zero-order chi connectivity index (χ0) is 85.7. The lowest BCUT2D eigenvalue weighted by Crippen LogP contribution is -2.61. The molecule has 41 nitrogen and oxygen atoms in total. The average molecular weight is 1620 g/mol. The summed E-state index contributed by atoms with van der Waals surface area (Å²) in [6, 6.07) is 3.40. The van der Waals surface area contributed by atoms with Crippen molar-refractivity contribution in [2.24, 2.45) is 0 Å². The number of aliphatic hydroxyl groups excluding tert-OH is 2. The first kappa shape index (κ1) is 92.6. The van der Waals surface area contributed by atoms with E-state index < -0.39 is 227 Å². The lowest BCUT2D eigenvalue weighted by molar-refractivity contribution is -0.141. The molecule has 622 valence electrons. The molecule has 42 heteroatoms. The standard InChI is InChI=1S/C74H88FN15O26/c1-39(93)81-55(28-40-7-12-46(94)13-8-40)68(107)85-56(29-41-9-14-47(95)15-10-41)69(108)86-59(38-92)71(110)87-58(37-91)70(109)84-52(18-21-63(100)101)67(106)83-51(17-20-62(98)99)65(104)80-35-61(97)90(24-5-25-116-48-27-42(33-76)26-45(32-48)77-2)36-60(96)82-57(30-43-34-79-50-16-11-44(75)31-49(43)50)66(105)78-23-4-3-6-53(72(111)112)88-74(115)89-54(73(113)114)19-22-64(102)103/h7-16,26-27,31-32,34,51-59,79,91-92,94-95H,3-6,17-25,28-30,35-38H2,1H3,(H,78,105)(H,80,104)(H,81,93)(H,82,96)(H,83,106)(H,84,109)(H,85,107)(H,86,108)(H,87,110)(H,98,99)(H,100,101)(H,102,103)(H,111,112)(H,113,114)(H2,88,89,115)/t51-,52-,53-,54-,55-,56-,57-,58-,59-/m0/s1. The number of carboxylic acids is 5. The molecule has 0 aliphatic carbocycles. The quantitative estimate of drug-likeness (QED) is 0.0149. The van der Waals surface area contributed by atoms with E-state index >= 15 is 0 Å². The van der Waals surface area contributed by atoms with Crippen molar-refractivity contribution in [3.05, 3.63) is 131 Å². The van der Waals surface area contributed by atoms with Gasteiger partial charge in [-0.2, -0.15) is 5.26 Å². The Bertz CT molecular complexity index is 4420. The van der Waals surface area contributed by atoms with Gasteiger partial charge in [-0.25, -0.2) is 23.6 Å². The second-order valence-corrected chi connectivity index (χ2v) is 26.2. The van der Waals surface area contributed by atoms with Gasteiger partial charge in [-0.1, -0.05) is 24.3 Å². The van der Waals surface area contributed by atoms with Crippen LogP contribution in [0.2, 0.25) is 0 Å². The Labute approximate surface area is 659 Å². The number of nitrogens with one attached hydrogen (secondary N) is 12. The van der Waals surface area contributed by atoms with Gasteiger partial charge >= 0.3 is 35.9 Å². The number of hydrogen-bond donors (Lipinski definition) is 21. The summed E-state index contributed by atoms with van der Waals surface area (Å²) < 4.78 is 20.4. The molecule has 0 spiro atoms. The lowest BCUT2D eigenvalue weighted by Gasteiger charge is -2.27. The molecule has 5 aromatic rings. The Morgan fingerprint density at radius 3 is 1.52 bits per heavy atom. The van der Waals surface area contributed by atoms with Crippen LogP contribution < -0.4 is 63.2 Å². The summed E-state index contributed by atoms with van der Waals surface area (Å²) in [5.41, 5.74) is 1.61. The van der Waals surface area contributed by atoms with Gasteiger partial charge in [0, 0.05) is 81.2 Å². The molecule has 116 heavy (non-hydrogen) atoms. The molecule has 21 N–H and O–H groups in total. The highest BCUT2D eigenvalue weighted by Crippen LogP contribution is 2.25. The van der Waals surface area contributed by atoms with Crippen LogP contribution in [0.1, 0.15) is 93.4 Å². The summed E-state index contributed by atoms with van der Waals surface area (Å²) in [6.45, 7) is 3.21. The van der Waals surface area contributed by atoms with E-state index in [2.05, 4.69) is 63.0 Å². The maximum atomic E-state index is 14.7. The third-order valence-corrected chi connectivity index (χ3v) is 17.2. The van der Waals surface area contributed by atoms with E-state index in [0.717, 1.165) is 24.0 Å². The van der Waals surface area contributed by atoms with Gasteiger partial charge in [0.25, 0.3) is 0 Å². The largest absolute Gasteiger partial charge is 0.508 e. The second kappa shape index (κ2) is 46.7. The Morgan fingerprint density at radius 1 is 0.534 bits per heavy atom. The van der Waals surface area contributed by atoms with Crippen LogP contribution in [0.15, 0.2) is 91.1 Å². The summed E-state index contributed by atoms with van der Waals surface area (Å²) in [5, 5.41) is 123. The molecular formula is C74H88FN15O26. The number of ether oxygens (including phenoxy) is 1. The average Bonchev–Trinajstić information content (AvgIpc) is 1.69. The third-order valence-electron chi connectivity index (χ3n) is 17.2. The van der Waals surface area contributed by atoms with Crippen LogP contribution in [0.4, 0.5) is 14.9 Å². The molecule has 0 saturated heterocycles. The molecule has 9 atom stereocenters. The van der Waals surface area contributed by atoms with Crippen LogP contribution in [0, 0.1) is 23.7 Å². The first-order valence-electron chi connectivity index (χ1n) is 35.8. The summed E-state index contributed by atoms with van der Waals surface area (Å²) in [5.74, 6) is -19.6. The minimum Gasteiger partial charge on any atom is -0.508 e. The highest BCUT2D eigenvalue weighted by molar-refractivity contribution is 5.99. The Morgan fingerprint density at radius 2 is 1.01 bits per heavy atom. The van der Waals surface area contributed by atoms with Crippen LogP contribution in [-0.2, 0) is 91.2 Å². The zero-order valence-electron chi connectivity index (χ0n) is 62.2. The minimum absolute atomic E-state index is 0.00867. The van der Waals surface area contributed by atoms with Crippen molar-refractivity contribution in [3.8, 4) is 23.3 Å². The number of carboxylic acid groups (broad SMARTS) is 5. The van der Waals surface area contributed by atoms with Gasteiger partial charge < -0.3 is 119 Å². The lowest BCUT2D eigenvalue weighted by atomic mass is 10.0. The highest BCUT2D eigenvalue weighted by Gasteiger charge is 2.36. The van der Waals surface area contributed by atoms with Crippen LogP contribution in [-0.4, -0.2) is 251 Å². The fourth-order valence-electron chi connectivity index (χ4n) is 11.3. The fraction of sp³-hybridized carbons (Fsp3) is 0.405. The number of fused-ring (bicyclic) bond motifs is 1.